The molecule has 5 heteroatoms. The minimum atomic E-state index is -0.0844. The van der Waals surface area contributed by atoms with Crippen LogP contribution in [0, 0.1) is 0 Å². The van der Waals surface area contributed by atoms with Gasteiger partial charge in [-0.15, -0.1) is 11.6 Å². The van der Waals surface area contributed by atoms with Gasteiger partial charge in [-0.3, -0.25) is 9.59 Å². The summed E-state index contributed by atoms with van der Waals surface area (Å²) in [6, 6.07) is 7.25. The van der Waals surface area contributed by atoms with Gasteiger partial charge in [0.25, 0.3) is 5.91 Å². The molecule has 0 aliphatic carbocycles. The van der Waals surface area contributed by atoms with Crippen LogP contribution in [-0.2, 0) is 10.7 Å². The molecule has 0 saturated carbocycles. The van der Waals surface area contributed by atoms with Crippen molar-refractivity contribution >= 4 is 23.4 Å². The van der Waals surface area contributed by atoms with Gasteiger partial charge in [0.2, 0.25) is 5.91 Å². The van der Waals surface area contributed by atoms with Crippen molar-refractivity contribution in [1.82, 2.24) is 10.2 Å². The fourth-order valence-electron chi connectivity index (χ4n) is 2.26. The Morgan fingerprint density at radius 2 is 2.05 bits per heavy atom. The van der Waals surface area contributed by atoms with Crippen molar-refractivity contribution in [2.24, 2.45) is 0 Å². The van der Waals surface area contributed by atoms with Crippen molar-refractivity contribution in [2.45, 2.75) is 25.1 Å². The second-order valence-corrected chi connectivity index (χ2v) is 5.19. The maximum Gasteiger partial charge on any atom is 0.251 e. The maximum atomic E-state index is 11.9. The quantitative estimate of drug-likeness (QED) is 0.646. The van der Waals surface area contributed by atoms with Crippen LogP contribution < -0.4 is 5.32 Å². The molecule has 0 bridgehead atoms. The van der Waals surface area contributed by atoms with E-state index in [9.17, 15) is 9.59 Å². The molecule has 1 N–H and O–H groups in total. The molecule has 0 unspecified atom stereocenters. The highest BCUT2D eigenvalue weighted by molar-refractivity contribution is 6.17. The first-order valence-corrected chi connectivity index (χ1v) is 7.45. The Labute approximate surface area is 124 Å². The van der Waals surface area contributed by atoms with Crippen LogP contribution in [0.2, 0.25) is 0 Å². The molecule has 2 amide bonds. The van der Waals surface area contributed by atoms with Gasteiger partial charge in [-0.05, 0) is 30.5 Å². The molecule has 1 aromatic carbocycles. The number of nitrogens with one attached hydrogen (secondary N) is 1. The lowest BCUT2D eigenvalue weighted by Gasteiger charge is -2.15. The summed E-state index contributed by atoms with van der Waals surface area (Å²) in [6.45, 7) is 2.16. The molecule has 4 nitrogen and oxygen atoms in total. The van der Waals surface area contributed by atoms with Crippen LogP contribution in [0.5, 0.6) is 0 Å². The SMILES string of the molecule is O=C(NCCCN1CCCC1=O)c1ccc(CCl)cc1. The summed E-state index contributed by atoms with van der Waals surface area (Å²) in [5.41, 5.74) is 1.63. The molecule has 0 radical (unpaired) electrons. The van der Waals surface area contributed by atoms with Crippen LogP contribution in [0.4, 0.5) is 0 Å². The third-order valence-electron chi connectivity index (χ3n) is 3.43. The molecule has 1 aliphatic rings. The third kappa shape index (κ3) is 3.97. The average Bonchev–Trinajstić information content (AvgIpc) is 2.89. The first-order valence-electron chi connectivity index (χ1n) is 6.91. The maximum absolute atomic E-state index is 11.9. The zero-order valence-electron chi connectivity index (χ0n) is 11.4. The molecule has 1 heterocycles. The van der Waals surface area contributed by atoms with Gasteiger partial charge in [0.05, 0.1) is 0 Å². The Balaban J connectivity index is 1.70. The minimum absolute atomic E-state index is 0.0844. The highest BCUT2D eigenvalue weighted by Gasteiger charge is 2.19. The molecule has 1 fully saturated rings. The second kappa shape index (κ2) is 7.29. The van der Waals surface area contributed by atoms with E-state index in [2.05, 4.69) is 5.32 Å². The van der Waals surface area contributed by atoms with E-state index in [-0.39, 0.29) is 11.8 Å². The van der Waals surface area contributed by atoms with Gasteiger partial charge in [-0.25, -0.2) is 0 Å². The van der Waals surface area contributed by atoms with E-state index < -0.39 is 0 Å². The molecular weight excluding hydrogens is 276 g/mol. The van der Waals surface area contributed by atoms with Gasteiger partial charge in [0.1, 0.15) is 0 Å². The summed E-state index contributed by atoms with van der Waals surface area (Å²) >= 11 is 5.70. The van der Waals surface area contributed by atoms with Crippen LogP contribution in [-0.4, -0.2) is 36.3 Å². The van der Waals surface area contributed by atoms with Crippen molar-refractivity contribution in [3.05, 3.63) is 35.4 Å². The fourth-order valence-corrected chi connectivity index (χ4v) is 2.44. The van der Waals surface area contributed by atoms with Crippen LogP contribution in [0.1, 0.15) is 35.2 Å². The predicted octanol–water partition coefficient (Wildman–Crippen LogP) is 2.17. The summed E-state index contributed by atoms with van der Waals surface area (Å²) < 4.78 is 0. The van der Waals surface area contributed by atoms with E-state index in [0.29, 0.717) is 24.4 Å². The smallest absolute Gasteiger partial charge is 0.251 e. The van der Waals surface area contributed by atoms with Gasteiger partial charge in [-0.2, -0.15) is 0 Å². The molecule has 2 rings (SSSR count). The standard InChI is InChI=1S/C15H19ClN2O2/c16-11-12-4-6-13(7-5-12)15(20)17-8-2-10-18-9-1-3-14(18)19/h4-7H,1-3,8-11H2,(H,17,20). The Bertz CT molecular complexity index is 473. The lowest BCUT2D eigenvalue weighted by molar-refractivity contribution is -0.127. The summed E-state index contributed by atoms with van der Waals surface area (Å²) in [5.74, 6) is 0.595. The van der Waals surface area contributed by atoms with E-state index in [1.54, 1.807) is 12.1 Å². The molecule has 1 saturated heterocycles. The van der Waals surface area contributed by atoms with E-state index in [0.717, 1.165) is 31.5 Å². The molecule has 0 atom stereocenters. The second-order valence-electron chi connectivity index (χ2n) is 4.92. The van der Waals surface area contributed by atoms with Gasteiger partial charge >= 0.3 is 0 Å². The monoisotopic (exact) mass is 294 g/mol. The summed E-state index contributed by atoms with van der Waals surface area (Å²) in [5, 5.41) is 2.87. The fraction of sp³-hybridized carbons (Fsp3) is 0.467. The van der Waals surface area contributed by atoms with Crippen LogP contribution >= 0.6 is 11.6 Å². The summed E-state index contributed by atoms with van der Waals surface area (Å²) in [7, 11) is 0. The van der Waals surface area contributed by atoms with Crippen molar-refractivity contribution in [3.8, 4) is 0 Å². The molecule has 1 aliphatic heterocycles. The number of likely N-dealkylation sites (tertiary alicyclic amines) is 1. The van der Waals surface area contributed by atoms with E-state index in [1.165, 1.54) is 0 Å². The predicted molar refractivity (Wildman–Crippen MR) is 78.8 cm³/mol. The zero-order valence-corrected chi connectivity index (χ0v) is 12.2. The van der Waals surface area contributed by atoms with Crippen molar-refractivity contribution in [3.63, 3.8) is 0 Å². The van der Waals surface area contributed by atoms with Gasteiger partial charge in [0.15, 0.2) is 0 Å². The molecule has 1 aromatic rings. The molecule has 0 spiro atoms. The Morgan fingerprint density at radius 1 is 1.30 bits per heavy atom. The van der Waals surface area contributed by atoms with E-state index >= 15 is 0 Å². The van der Waals surface area contributed by atoms with Crippen molar-refractivity contribution in [2.75, 3.05) is 19.6 Å². The van der Waals surface area contributed by atoms with Crippen LogP contribution in [0.25, 0.3) is 0 Å². The van der Waals surface area contributed by atoms with Gasteiger partial charge in [-0.1, -0.05) is 12.1 Å². The Hall–Kier alpha value is -1.55. The average molecular weight is 295 g/mol. The number of nitrogens with zero attached hydrogens (tertiary/aromatic N) is 1. The number of hydrogen-bond acceptors (Lipinski definition) is 2. The number of carbonyl (C=O) groups is 2. The number of hydrogen-bond donors (Lipinski definition) is 1. The largest absolute Gasteiger partial charge is 0.352 e. The number of benzene rings is 1. The number of halogens is 1. The minimum Gasteiger partial charge on any atom is -0.352 e. The Kier molecular flexibility index (Phi) is 5.41. The van der Waals surface area contributed by atoms with Crippen LogP contribution in [0.15, 0.2) is 24.3 Å². The lowest BCUT2D eigenvalue weighted by atomic mass is 10.1. The van der Waals surface area contributed by atoms with E-state index in [1.807, 2.05) is 17.0 Å². The molecule has 0 aromatic heterocycles. The van der Waals surface area contributed by atoms with Crippen molar-refractivity contribution in [1.29, 1.82) is 0 Å². The number of carbonyl (C=O) groups excluding carboxylic acids is 2. The zero-order chi connectivity index (χ0) is 14.4. The Morgan fingerprint density at radius 3 is 2.65 bits per heavy atom. The number of rotatable bonds is 6. The molecule has 20 heavy (non-hydrogen) atoms. The van der Waals surface area contributed by atoms with Crippen molar-refractivity contribution < 1.29 is 9.59 Å². The highest BCUT2D eigenvalue weighted by Crippen LogP contribution is 2.09. The summed E-state index contributed by atoms with van der Waals surface area (Å²) in [6.07, 6.45) is 2.41. The summed E-state index contributed by atoms with van der Waals surface area (Å²) in [4.78, 5) is 25.2. The van der Waals surface area contributed by atoms with Gasteiger partial charge < -0.3 is 10.2 Å². The first kappa shape index (κ1) is 14.9. The third-order valence-corrected chi connectivity index (χ3v) is 3.74. The van der Waals surface area contributed by atoms with Gasteiger partial charge in [0, 0.05) is 37.5 Å². The number of alkyl halides is 1. The van der Waals surface area contributed by atoms with Crippen LogP contribution in [0.3, 0.4) is 0 Å². The molecular formula is C15H19ClN2O2. The van der Waals surface area contributed by atoms with E-state index in [4.69, 9.17) is 11.6 Å². The lowest BCUT2D eigenvalue weighted by Crippen LogP contribution is -2.30. The number of amides is 2. The topological polar surface area (TPSA) is 49.4 Å². The normalized spacial score (nSPS) is 14.7. The molecule has 108 valence electrons. The first-order chi connectivity index (χ1) is 9.70. The highest BCUT2D eigenvalue weighted by atomic mass is 35.5.